The fourth-order valence-electron chi connectivity index (χ4n) is 3.77. The van der Waals surface area contributed by atoms with Gasteiger partial charge in [-0.1, -0.05) is 41.4 Å². The lowest BCUT2D eigenvalue weighted by molar-refractivity contribution is -0.137. The van der Waals surface area contributed by atoms with Gasteiger partial charge in [0.15, 0.2) is 0 Å². The second-order valence-corrected chi connectivity index (χ2v) is 7.78. The van der Waals surface area contributed by atoms with Crippen molar-refractivity contribution in [3.05, 3.63) is 69.3 Å². The maximum atomic E-state index is 13.3. The van der Waals surface area contributed by atoms with E-state index in [1.807, 2.05) is 18.2 Å². The third-order valence-corrected chi connectivity index (χ3v) is 5.64. The molecule has 0 fully saturated rings. The first kappa shape index (κ1) is 18.8. The highest BCUT2D eigenvalue weighted by atomic mass is 35.5. The molecule has 0 bridgehead atoms. The van der Waals surface area contributed by atoms with Gasteiger partial charge in [0.25, 0.3) is 0 Å². The number of aromatic nitrogens is 1. The number of rotatable bonds is 3. The van der Waals surface area contributed by atoms with Crippen LogP contribution in [0, 0.1) is 0 Å². The van der Waals surface area contributed by atoms with Crippen LogP contribution in [-0.2, 0) is 22.6 Å². The topological polar surface area (TPSA) is 65.2 Å². The highest BCUT2D eigenvalue weighted by Gasteiger charge is 2.31. The predicted octanol–water partition coefficient (Wildman–Crippen LogP) is 4.24. The number of nitrogens with one attached hydrogen (secondary N) is 2. The SMILES string of the molecule is CC(=O)NC(C(=O)N1CCc2c([nH]c3ccc(Cl)cc23)C1)c1ccccc1Cl. The van der Waals surface area contributed by atoms with Crippen LogP contribution in [0.15, 0.2) is 42.5 Å². The van der Waals surface area contributed by atoms with Crippen LogP contribution < -0.4 is 5.32 Å². The normalized spacial score (nSPS) is 14.6. The lowest BCUT2D eigenvalue weighted by Crippen LogP contribution is -2.44. The third kappa shape index (κ3) is 3.48. The molecule has 7 heteroatoms. The van der Waals surface area contributed by atoms with Gasteiger partial charge >= 0.3 is 0 Å². The van der Waals surface area contributed by atoms with Gasteiger partial charge < -0.3 is 15.2 Å². The number of halogens is 2. The molecule has 3 aromatic rings. The fourth-order valence-corrected chi connectivity index (χ4v) is 4.19. The minimum absolute atomic E-state index is 0.175. The van der Waals surface area contributed by atoms with Gasteiger partial charge in [-0.05, 0) is 36.2 Å². The molecule has 1 unspecified atom stereocenters. The highest BCUT2D eigenvalue weighted by Crippen LogP contribution is 2.31. The van der Waals surface area contributed by atoms with Crippen LogP contribution in [0.1, 0.15) is 29.8 Å². The highest BCUT2D eigenvalue weighted by molar-refractivity contribution is 6.32. The van der Waals surface area contributed by atoms with Crippen molar-refractivity contribution in [1.82, 2.24) is 15.2 Å². The minimum Gasteiger partial charge on any atom is -0.357 e. The van der Waals surface area contributed by atoms with Crippen molar-refractivity contribution in [3.63, 3.8) is 0 Å². The van der Waals surface area contributed by atoms with Gasteiger partial charge in [-0.2, -0.15) is 0 Å². The molecule has 0 spiro atoms. The molecule has 2 N–H and O–H groups in total. The Morgan fingerprint density at radius 1 is 1.18 bits per heavy atom. The molecule has 0 aliphatic carbocycles. The molecule has 4 rings (SSSR count). The zero-order chi connectivity index (χ0) is 19.8. The van der Waals surface area contributed by atoms with E-state index < -0.39 is 6.04 Å². The Morgan fingerprint density at radius 3 is 2.71 bits per heavy atom. The average Bonchev–Trinajstić information content (AvgIpc) is 3.03. The van der Waals surface area contributed by atoms with Gasteiger partial charge in [-0.15, -0.1) is 0 Å². The van der Waals surface area contributed by atoms with Gasteiger partial charge in [0, 0.05) is 45.7 Å². The maximum absolute atomic E-state index is 13.3. The first-order valence-electron chi connectivity index (χ1n) is 9.03. The first-order valence-corrected chi connectivity index (χ1v) is 9.79. The van der Waals surface area contributed by atoms with Crippen molar-refractivity contribution in [1.29, 1.82) is 0 Å². The fraction of sp³-hybridized carbons (Fsp3) is 0.238. The predicted molar refractivity (Wildman–Crippen MR) is 110 cm³/mol. The van der Waals surface area contributed by atoms with E-state index in [-0.39, 0.29) is 11.8 Å². The number of carbonyl (C=O) groups excluding carboxylic acids is 2. The summed E-state index contributed by atoms with van der Waals surface area (Å²) in [6.07, 6.45) is 0.719. The second-order valence-electron chi connectivity index (χ2n) is 6.94. The number of amides is 2. The number of H-pyrrole nitrogens is 1. The van der Waals surface area contributed by atoms with E-state index in [9.17, 15) is 9.59 Å². The lowest BCUT2D eigenvalue weighted by atomic mass is 10.0. The van der Waals surface area contributed by atoms with Crippen molar-refractivity contribution >= 4 is 45.9 Å². The molecule has 0 radical (unpaired) electrons. The smallest absolute Gasteiger partial charge is 0.250 e. The number of hydrogen-bond acceptors (Lipinski definition) is 2. The first-order chi connectivity index (χ1) is 13.4. The Morgan fingerprint density at radius 2 is 1.96 bits per heavy atom. The molecule has 1 atom stereocenters. The summed E-state index contributed by atoms with van der Waals surface area (Å²) in [5.74, 6) is -0.457. The van der Waals surface area contributed by atoms with Crippen molar-refractivity contribution in [2.75, 3.05) is 6.54 Å². The van der Waals surface area contributed by atoms with E-state index in [0.29, 0.717) is 28.7 Å². The molecule has 0 saturated heterocycles. The van der Waals surface area contributed by atoms with Crippen LogP contribution >= 0.6 is 23.2 Å². The van der Waals surface area contributed by atoms with E-state index >= 15 is 0 Å². The van der Waals surface area contributed by atoms with Crippen molar-refractivity contribution in [2.45, 2.75) is 25.9 Å². The Bertz CT molecular complexity index is 1080. The Hall–Kier alpha value is -2.50. The zero-order valence-electron chi connectivity index (χ0n) is 15.3. The number of hydrogen-bond donors (Lipinski definition) is 2. The Labute approximate surface area is 172 Å². The van der Waals surface area contributed by atoms with E-state index in [2.05, 4.69) is 10.3 Å². The number of nitrogens with zero attached hydrogens (tertiary/aromatic N) is 1. The molecule has 2 aromatic carbocycles. The van der Waals surface area contributed by atoms with Crippen LogP contribution in [0.25, 0.3) is 10.9 Å². The van der Waals surface area contributed by atoms with Gasteiger partial charge in [-0.25, -0.2) is 0 Å². The standard InChI is InChI=1S/C21H19Cl2N3O2/c1-12(27)24-20(15-4-2-3-5-17(15)23)21(28)26-9-8-14-16-10-13(22)6-7-18(16)25-19(14)11-26/h2-7,10,20,25H,8-9,11H2,1H3,(H,24,27). The molecule has 5 nitrogen and oxygen atoms in total. The summed E-state index contributed by atoms with van der Waals surface area (Å²) in [7, 11) is 0. The zero-order valence-corrected chi connectivity index (χ0v) is 16.8. The third-order valence-electron chi connectivity index (χ3n) is 5.06. The molecular weight excluding hydrogens is 397 g/mol. The maximum Gasteiger partial charge on any atom is 0.250 e. The molecular formula is C21H19Cl2N3O2. The van der Waals surface area contributed by atoms with Crippen LogP contribution in [0.2, 0.25) is 10.0 Å². The number of aromatic amines is 1. The number of benzene rings is 2. The number of fused-ring (bicyclic) bond motifs is 3. The van der Waals surface area contributed by atoms with Crippen LogP contribution in [-0.4, -0.2) is 28.2 Å². The summed E-state index contributed by atoms with van der Waals surface area (Å²) in [5, 5.41) is 4.99. The summed E-state index contributed by atoms with van der Waals surface area (Å²) in [6.45, 7) is 2.40. The van der Waals surface area contributed by atoms with Crippen molar-refractivity contribution < 1.29 is 9.59 Å². The van der Waals surface area contributed by atoms with E-state index in [1.54, 1.807) is 29.2 Å². The molecule has 2 amide bonds. The van der Waals surface area contributed by atoms with Crippen LogP contribution in [0.3, 0.4) is 0 Å². The molecule has 2 heterocycles. The summed E-state index contributed by atoms with van der Waals surface area (Å²) in [6, 6.07) is 12.0. The quantitative estimate of drug-likeness (QED) is 0.671. The second kappa shape index (κ2) is 7.49. The lowest BCUT2D eigenvalue weighted by Gasteiger charge is -2.31. The van der Waals surface area contributed by atoms with E-state index in [1.165, 1.54) is 12.5 Å². The van der Waals surface area contributed by atoms with E-state index in [0.717, 1.165) is 23.0 Å². The monoisotopic (exact) mass is 415 g/mol. The molecule has 144 valence electrons. The van der Waals surface area contributed by atoms with Crippen LogP contribution in [0.5, 0.6) is 0 Å². The van der Waals surface area contributed by atoms with Crippen molar-refractivity contribution in [2.24, 2.45) is 0 Å². The van der Waals surface area contributed by atoms with Gasteiger partial charge in [0.1, 0.15) is 6.04 Å². The summed E-state index contributed by atoms with van der Waals surface area (Å²) in [5.41, 5.74) is 3.79. The minimum atomic E-state index is -0.813. The molecule has 0 saturated carbocycles. The average molecular weight is 416 g/mol. The molecule has 1 aliphatic heterocycles. The van der Waals surface area contributed by atoms with E-state index in [4.69, 9.17) is 23.2 Å². The number of carbonyl (C=O) groups is 2. The molecule has 1 aliphatic rings. The molecule has 28 heavy (non-hydrogen) atoms. The van der Waals surface area contributed by atoms with Gasteiger partial charge in [0.2, 0.25) is 11.8 Å². The summed E-state index contributed by atoms with van der Waals surface area (Å²) < 4.78 is 0. The summed E-state index contributed by atoms with van der Waals surface area (Å²) >= 11 is 12.4. The van der Waals surface area contributed by atoms with Crippen LogP contribution in [0.4, 0.5) is 0 Å². The van der Waals surface area contributed by atoms with Gasteiger partial charge in [-0.3, -0.25) is 9.59 Å². The van der Waals surface area contributed by atoms with Crippen molar-refractivity contribution in [3.8, 4) is 0 Å². The molecule has 1 aromatic heterocycles. The summed E-state index contributed by atoms with van der Waals surface area (Å²) in [4.78, 5) is 30.2. The Kier molecular flexibility index (Phi) is 5.04. The van der Waals surface area contributed by atoms with Gasteiger partial charge in [0.05, 0.1) is 6.54 Å². The largest absolute Gasteiger partial charge is 0.357 e. The Balaban J connectivity index is 1.65.